The third-order valence-electron chi connectivity index (χ3n) is 0.617. The van der Waals surface area contributed by atoms with E-state index in [1.165, 1.54) is 6.42 Å². The molecule has 0 saturated heterocycles. The number of hydrogen-bond donors (Lipinski definition) is 1. The van der Waals surface area contributed by atoms with Crippen molar-refractivity contribution in [2.24, 2.45) is 0 Å². The van der Waals surface area contributed by atoms with Crippen molar-refractivity contribution in [2.75, 3.05) is 5.75 Å². The van der Waals surface area contributed by atoms with Crippen molar-refractivity contribution in [2.45, 2.75) is 13.3 Å². The Labute approximate surface area is 49.5 Å². The first-order valence-electron chi connectivity index (χ1n) is 2.33. The summed E-state index contributed by atoms with van der Waals surface area (Å²) in [6, 6.07) is 0. The molecule has 0 amide bonds. The molecule has 0 saturated carbocycles. The third kappa shape index (κ3) is 5.91. The van der Waals surface area contributed by atoms with E-state index in [9.17, 15) is 8.42 Å². The molecule has 0 fully saturated rings. The molecular formula is C4H9O3S. The zero-order chi connectivity index (χ0) is 6.62. The van der Waals surface area contributed by atoms with Crippen LogP contribution in [0.4, 0.5) is 0 Å². The van der Waals surface area contributed by atoms with Gasteiger partial charge in [0.1, 0.15) is 0 Å². The highest BCUT2D eigenvalue weighted by Gasteiger charge is 2.00. The quantitative estimate of drug-likeness (QED) is 0.576. The summed E-state index contributed by atoms with van der Waals surface area (Å²) in [6.45, 7) is 1.81. The first-order chi connectivity index (χ1) is 3.56. The molecule has 0 aromatic heterocycles. The number of hydrogen-bond acceptors (Lipinski definition) is 2. The van der Waals surface area contributed by atoms with Crippen molar-refractivity contribution >= 4 is 10.1 Å². The Morgan fingerprint density at radius 3 is 2.25 bits per heavy atom. The van der Waals surface area contributed by atoms with Crippen LogP contribution in [-0.4, -0.2) is 18.7 Å². The highest BCUT2D eigenvalue weighted by Crippen LogP contribution is 1.89. The van der Waals surface area contributed by atoms with Crippen LogP contribution in [0.15, 0.2) is 0 Å². The zero-order valence-corrected chi connectivity index (χ0v) is 5.48. The van der Waals surface area contributed by atoms with Gasteiger partial charge in [-0.1, -0.05) is 13.3 Å². The van der Waals surface area contributed by atoms with E-state index in [0.717, 1.165) is 0 Å². The van der Waals surface area contributed by atoms with E-state index in [1.807, 2.05) is 6.92 Å². The standard InChI is InChI=1S/C4H9O3S/c1-2-3-4-8(5,6)7/h3H,2,4H2,1H3,(H,5,6,7). The predicted octanol–water partition coefficient (Wildman–Crippen LogP) is 0.488. The van der Waals surface area contributed by atoms with Gasteiger partial charge in [0, 0.05) is 0 Å². The van der Waals surface area contributed by atoms with Crippen molar-refractivity contribution in [3.8, 4) is 0 Å². The van der Waals surface area contributed by atoms with Gasteiger partial charge in [-0.25, -0.2) is 0 Å². The summed E-state index contributed by atoms with van der Waals surface area (Å²) in [5.41, 5.74) is 0. The van der Waals surface area contributed by atoms with Crippen LogP contribution in [0.2, 0.25) is 0 Å². The zero-order valence-electron chi connectivity index (χ0n) is 4.66. The molecular weight excluding hydrogens is 128 g/mol. The second-order valence-corrected chi connectivity index (χ2v) is 2.94. The van der Waals surface area contributed by atoms with Crippen LogP contribution >= 0.6 is 0 Å². The fourth-order valence-corrected chi connectivity index (χ4v) is 0.800. The maximum atomic E-state index is 9.91. The molecule has 8 heavy (non-hydrogen) atoms. The minimum absolute atomic E-state index is 0.233. The van der Waals surface area contributed by atoms with Crippen molar-refractivity contribution in [1.29, 1.82) is 0 Å². The molecule has 0 aliphatic rings. The molecule has 1 radical (unpaired) electrons. The van der Waals surface area contributed by atoms with E-state index < -0.39 is 10.1 Å². The Balaban J connectivity index is 3.42. The molecule has 0 heterocycles. The molecule has 0 aliphatic heterocycles. The molecule has 0 atom stereocenters. The minimum Gasteiger partial charge on any atom is -0.286 e. The Morgan fingerprint density at radius 1 is 1.62 bits per heavy atom. The van der Waals surface area contributed by atoms with Crippen LogP contribution < -0.4 is 0 Å². The maximum Gasteiger partial charge on any atom is 0.265 e. The molecule has 0 bridgehead atoms. The fraction of sp³-hybridized carbons (Fsp3) is 0.750. The smallest absolute Gasteiger partial charge is 0.265 e. The monoisotopic (exact) mass is 137 g/mol. The Bertz CT molecular complexity index is 135. The molecule has 0 rings (SSSR count). The fourth-order valence-electron chi connectivity index (χ4n) is 0.267. The molecule has 4 heteroatoms. The molecule has 0 aromatic rings. The lowest BCUT2D eigenvalue weighted by atomic mass is 10.4. The highest BCUT2D eigenvalue weighted by molar-refractivity contribution is 7.85. The molecule has 0 aliphatic carbocycles. The van der Waals surface area contributed by atoms with Crippen LogP contribution in [0.3, 0.4) is 0 Å². The average Bonchev–Trinajstić information content (AvgIpc) is 1.59. The second kappa shape index (κ2) is 3.04. The van der Waals surface area contributed by atoms with Gasteiger partial charge >= 0.3 is 0 Å². The van der Waals surface area contributed by atoms with Crippen LogP contribution in [0.25, 0.3) is 0 Å². The van der Waals surface area contributed by atoms with Crippen LogP contribution in [-0.2, 0) is 10.1 Å². The van der Waals surface area contributed by atoms with E-state index in [0.29, 0.717) is 6.42 Å². The Morgan fingerprint density at radius 2 is 2.12 bits per heavy atom. The summed E-state index contributed by atoms with van der Waals surface area (Å²) >= 11 is 0. The summed E-state index contributed by atoms with van der Waals surface area (Å²) in [6.07, 6.45) is 2.16. The second-order valence-electron chi connectivity index (χ2n) is 1.45. The van der Waals surface area contributed by atoms with E-state index >= 15 is 0 Å². The SMILES string of the molecule is CC[CH]CS(=O)(=O)O. The van der Waals surface area contributed by atoms with Gasteiger partial charge in [0.25, 0.3) is 10.1 Å². The summed E-state index contributed by atoms with van der Waals surface area (Å²) in [5.74, 6) is -0.233. The van der Waals surface area contributed by atoms with Crippen molar-refractivity contribution in [1.82, 2.24) is 0 Å². The lowest BCUT2D eigenvalue weighted by molar-refractivity contribution is 0.485. The van der Waals surface area contributed by atoms with Gasteiger partial charge < -0.3 is 0 Å². The summed E-state index contributed by atoms with van der Waals surface area (Å²) in [5, 5.41) is 0. The lowest BCUT2D eigenvalue weighted by Gasteiger charge is -1.89. The molecule has 3 nitrogen and oxygen atoms in total. The van der Waals surface area contributed by atoms with Gasteiger partial charge in [-0.3, -0.25) is 4.55 Å². The minimum atomic E-state index is -3.74. The van der Waals surface area contributed by atoms with E-state index in [1.54, 1.807) is 0 Å². The van der Waals surface area contributed by atoms with Gasteiger partial charge in [-0.15, -0.1) is 0 Å². The average molecular weight is 137 g/mol. The first-order valence-corrected chi connectivity index (χ1v) is 3.94. The van der Waals surface area contributed by atoms with Crippen LogP contribution in [0.5, 0.6) is 0 Å². The van der Waals surface area contributed by atoms with E-state index in [2.05, 4.69) is 0 Å². The van der Waals surface area contributed by atoms with Crippen molar-refractivity contribution in [3.63, 3.8) is 0 Å². The van der Waals surface area contributed by atoms with Gasteiger partial charge in [-0.05, 0) is 6.42 Å². The molecule has 0 unspecified atom stereocenters. The Hall–Kier alpha value is -0.0900. The first kappa shape index (κ1) is 7.91. The summed E-state index contributed by atoms with van der Waals surface area (Å²) in [4.78, 5) is 0. The number of unbranched alkanes of at least 4 members (excludes halogenated alkanes) is 1. The highest BCUT2D eigenvalue weighted by atomic mass is 32.2. The summed E-state index contributed by atoms with van der Waals surface area (Å²) < 4.78 is 27.9. The number of rotatable bonds is 3. The van der Waals surface area contributed by atoms with Crippen LogP contribution in [0.1, 0.15) is 13.3 Å². The predicted molar refractivity (Wildman–Crippen MR) is 31.0 cm³/mol. The molecule has 0 spiro atoms. The van der Waals surface area contributed by atoms with Gasteiger partial charge in [0.05, 0.1) is 5.75 Å². The van der Waals surface area contributed by atoms with E-state index in [-0.39, 0.29) is 5.75 Å². The van der Waals surface area contributed by atoms with Gasteiger partial charge in [0.2, 0.25) is 0 Å². The van der Waals surface area contributed by atoms with Crippen LogP contribution in [0, 0.1) is 6.42 Å². The maximum absolute atomic E-state index is 9.91. The molecule has 49 valence electrons. The van der Waals surface area contributed by atoms with Gasteiger partial charge in [-0.2, -0.15) is 8.42 Å². The Kier molecular flexibility index (Phi) is 3.01. The normalized spacial score (nSPS) is 11.8. The topological polar surface area (TPSA) is 54.4 Å². The molecule has 0 aromatic carbocycles. The summed E-state index contributed by atoms with van der Waals surface area (Å²) in [7, 11) is -3.74. The van der Waals surface area contributed by atoms with Crippen molar-refractivity contribution < 1.29 is 13.0 Å². The molecule has 1 N–H and O–H groups in total. The van der Waals surface area contributed by atoms with E-state index in [4.69, 9.17) is 4.55 Å². The van der Waals surface area contributed by atoms with Gasteiger partial charge in [0.15, 0.2) is 0 Å². The third-order valence-corrected chi connectivity index (χ3v) is 1.27. The van der Waals surface area contributed by atoms with Crippen molar-refractivity contribution in [3.05, 3.63) is 6.42 Å². The largest absolute Gasteiger partial charge is 0.286 e. The lowest BCUT2D eigenvalue weighted by Crippen LogP contribution is -2.03.